The highest BCUT2D eigenvalue weighted by molar-refractivity contribution is 7.12. The van der Waals surface area contributed by atoms with Gasteiger partial charge in [0.1, 0.15) is 12.8 Å². The summed E-state index contributed by atoms with van der Waals surface area (Å²) in [4.78, 5) is 12.9. The minimum atomic E-state index is -0.0891. The van der Waals surface area contributed by atoms with Crippen molar-refractivity contribution in [2.75, 3.05) is 11.9 Å². The van der Waals surface area contributed by atoms with Crippen LogP contribution in [0, 0.1) is 0 Å². The molecule has 3 aromatic rings. The molecule has 0 bridgehead atoms. The van der Waals surface area contributed by atoms with Gasteiger partial charge in [0.05, 0.1) is 29.0 Å². The summed E-state index contributed by atoms with van der Waals surface area (Å²) in [5, 5.41) is 6.78. The summed E-state index contributed by atoms with van der Waals surface area (Å²) in [5.41, 5.74) is 2.67. The van der Waals surface area contributed by atoms with Crippen molar-refractivity contribution in [3.05, 3.63) is 64.6 Å². The van der Waals surface area contributed by atoms with E-state index in [1.807, 2.05) is 49.6 Å². The standard InChI is InChI=1S/C30H39ClN2O2S.ClH/c1-3-4-5-6-7-8-9-10-11-12-20-35-29-24(15-14-18-27(29)31)23-28(34)32-26-17-13-16-25(22-26)30-33(2)19-21-36-30;/h13-19,21-22H,3-12,20,23H2,1-2H3;1H. The molecule has 37 heavy (non-hydrogen) atoms. The SMILES string of the molecule is CCCCCCCCCCCCOc1c(Cl)cccc1CC(=O)Nc1cccc(-c2scc[n+]2C)c1.[Cl-]. The number of amides is 1. The number of para-hydroxylation sites is 1. The van der Waals surface area contributed by atoms with Crippen molar-refractivity contribution in [1.29, 1.82) is 0 Å². The van der Waals surface area contributed by atoms with Crippen LogP contribution < -0.4 is 27.0 Å². The predicted octanol–water partition coefficient (Wildman–Crippen LogP) is 5.38. The fraction of sp³-hybridized carbons (Fsp3) is 0.467. The molecule has 0 atom stereocenters. The zero-order chi connectivity index (χ0) is 25.6. The summed E-state index contributed by atoms with van der Waals surface area (Å²) < 4.78 is 8.14. The van der Waals surface area contributed by atoms with Gasteiger partial charge < -0.3 is 22.5 Å². The third-order valence-electron chi connectivity index (χ3n) is 6.32. The van der Waals surface area contributed by atoms with E-state index in [9.17, 15) is 4.79 Å². The Bertz CT molecular complexity index is 1090. The maximum Gasteiger partial charge on any atom is 0.268 e. The molecular weight excluding hydrogens is 523 g/mol. The Balaban J connectivity index is 0.00000481. The second kappa shape index (κ2) is 17.4. The van der Waals surface area contributed by atoms with E-state index in [0.717, 1.165) is 34.7 Å². The molecular formula is C30H40Cl2N2O2S. The van der Waals surface area contributed by atoms with Crippen molar-refractivity contribution >= 4 is 34.5 Å². The van der Waals surface area contributed by atoms with Crippen LogP contribution in [0.2, 0.25) is 5.02 Å². The molecule has 1 aromatic heterocycles. The molecule has 0 aliphatic rings. The molecule has 1 N–H and O–H groups in total. The van der Waals surface area contributed by atoms with Crippen LogP contribution in [-0.4, -0.2) is 12.5 Å². The summed E-state index contributed by atoms with van der Waals surface area (Å²) in [7, 11) is 2.02. The molecule has 0 aliphatic heterocycles. The van der Waals surface area contributed by atoms with E-state index in [1.54, 1.807) is 11.3 Å². The molecule has 0 spiro atoms. The highest BCUT2D eigenvalue weighted by atomic mass is 35.5. The van der Waals surface area contributed by atoms with Crippen molar-refractivity contribution in [2.45, 2.75) is 77.6 Å². The summed E-state index contributed by atoms with van der Waals surface area (Å²) in [6.07, 6.45) is 15.1. The fourth-order valence-electron chi connectivity index (χ4n) is 4.33. The number of nitrogens with one attached hydrogen (secondary N) is 1. The monoisotopic (exact) mass is 562 g/mol. The second-order valence-electron chi connectivity index (χ2n) is 9.38. The Morgan fingerprint density at radius 3 is 2.32 bits per heavy atom. The van der Waals surface area contributed by atoms with Gasteiger partial charge in [-0.1, -0.05) is 106 Å². The minimum Gasteiger partial charge on any atom is -1.00 e. The smallest absolute Gasteiger partial charge is 0.268 e. The molecule has 4 nitrogen and oxygen atoms in total. The van der Waals surface area contributed by atoms with E-state index in [1.165, 1.54) is 51.4 Å². The molecule has 0 radical (unpaired) electrons. The van der Waals surface area contributed by atoms with Gasteiger partial charge in [-0.2, -0.15) is 4.57 Å². The summed E-state index contributed by atoms with van der Waals surface area (Å²) in [6, 6.07) is 13.5. The number of benzene rings is 2. The molecule has 3 rings (SSSR count). The largest absolute Gasteiger partial charge is 1.00 e. The summed E-state index contributed by atoms with van der Waals surface area (Å²) in [6.45, 7) is 2.88. The number of aromatic nitrogens is 1. The second-order valence-corrected chi connectivity index (χ2v) is 10.7. The van der Waals surface area contributed by atoms with Gasteiger partial charge in [0, 0.05) is 11.3 Å². The van der Waals surface area contributed by atoms with Crippen LogP contribution in [-0.2, 0) is 18.3 Å². The minimum absolute atomic E-state index is 0. The number of nitrogens with zero attached hydrogens (tertiary/aromatic N) is 1. The van der Waals surface area contributed by atoms with Crippen LogP contribution in [0.1, 0.15) is 76.7 Å². The number of carbonyl (C=O) groups excluding carboxylic acids is 1. The number of ether oxygens (including phenoxy) is 1. The van der Waals surface area contributed by atoms with E-state index in [2.05, 4.69) is 28.3 Å². The van der Waals surface area contributed by atoms with Gasteiger partial charge in [-0.15, -0.1) is 0 Å². The van der Waals surface area contributed by atoms with Gasteiger partial charge in [0.2, 0.25) is 5.91 Å². The average Bonchev–Trinajstić information content (AvgIpc) is 3.30. The van der Waals surface area contributed by atoms with Crippen LogP contribution >= 0.6 is 22.9 Å². The third kappa shape index (κ3) is 10.7. The zero-order valence-corrected chi connectivity index (χ0v) is 24.4. The van der Waals surface area contributed by atoms with E-state index in [4.69, 9.17) is 16.3 Å². The number of anilines is 1. The zero-order valence-electron chi connectivity index (χ0n) is 22.1. The third-order valence-corrected chi connectivity index (χ3v) is 7.62. The van der Waals surface area contributed by atoms with Gasteiger partial charge >= 0.3 is 0 Å². The van der Waals surface area contributed by atoms with Gasteiger partial charge in [0.15, 0.2) is 6.20 Å². The van der Waals surface area contributed by atoms with Gasteiger partial charge in [-0.25, -0.2) is 0 Å². The highest BCUT2D eigenvalue weighted by Gasteiger charge is 2.15. The number of carbonyl (C=O) groups is 1. The first-order valence-corrected chi connectivity index (χ1v) is 14.6. The fourth-order valence-corrected chi connectivity index (χ4v) is 5.45. The van der Waals surface area contributed by atoms with E-state index in [0.29, 0.717) is 17.4 Å². The lowest BCUT2D eigenvalue weighted by Gasteiger charge is -2.13. The lowest BCUT2D eigenvalue weighted by Crippen LogP contribution is -3.00. The lowest BCUT2D eigenvalue weighted by atomic mass is 10.1. The van der Waals surface area contributed by atoms with Crippen molar-refractivity contribution in [3.63, 3.8) is 0 Å². The number of unbranched alkanes of at least 4 members (excludes halogenated alkanes) is 9. The topological polar surface area (TPSA) is 42.2 Å². The molecule has 2 aromatic carbocycles. The van der Waals surface area contributed by atoms with E-state index >= 15 is 0 Å². The van der Waals surface area contributed by atoms with Crippen LogP contribution in [0.3, 0.4) is 0 Å². The van der Waals surface area contributed by atoms with Crippen LogP contribution in [0.15, 0.2) is 54.0 Å². The van der Waals surface area contributed by atoms with Crippen LogP contribution in [0.5, 0.6) is 5.75 Å². The number of thiazole rings is 1. The number of hydrogen-bond donors (Lipinski definition) is 1. The number of hydrogen-bond acceptors (Lipinski definition) is 3. The highest BCUT2D eigenvalue weighted by Crippen LogP contribution is 2.30. The van der Waals surface area contributed by atoms with Crippen molar-refractivity contribution in [2.24, 2.45) is 7.05 Å². The Morgan fingerprint density at radius 1 is 0.973 bits per heavy atom. The first kappa shape index (κ1) is 31.1. The molecule has 0 unspecified atom stereocenters. The number of aryl methyl sites for hydroxylation is 1. The Hall–Kier alpha value is -2.08. The molecule has 1 amide bonds. The average molecular weight is 564 g/mol. The maximum absolute atomic E-state index is 12.9. The van der Waals surface area contributed by atoms with Crippen molar-refractivity contribution in [1.82, 2.24) is 0 Å². The number of rotatable bonds is 16. The number of halogens is 2. The Labute approximate surface area is 237 Å². The summed E-state index contributed by atoms with van der Waals surface area (Å²) >= 11 is 8.11. The van der Waals surface area contributed by atoms with Crippen molar-refractivity contribution < 1.29 is 26.5 Å². The maximum atomic E-state index is 12.9. The first-order chi connectivity index (χ1) is 17.6. The molecule has 7 heteroatoms. The normalized spacial score (nSPS) is 10.7. The summed E-state index contributed by atoms with van der Waals surface area (Å²) in [5.74, 6) is 0.540. The molecule has 202 valence electrons. The molecule has 0 saturated heterocycles. The molecule has 0 fully saturated rings. The Morgan fingerprint density at radius 2 is 1.65 bits per heavy atom. The van der Waals surface area contributed by atoms with Crippen LogP contribution in [0.4, 0.5) is 5.69 Å². The quantitative estimate of drug-likeness (QED) is 0.188. The van der Waals surface area contributed by atoms with Crippen LogP contribution in [0.25, 0.3) is 10.6 Å². The molecule has 0 aliphatic carbocycles. The first-order valence-electron chi connectivity index (χ1n) is 13.3. The van der Waals surface area contributed by atoms with E-state index < -0.39 is 0 Å². The van der Waals surface area contributed by atoms with Gasteiger partial charge in [-0.3, -0.25) is 4.79 Å². The predicted molar refractivity (Wildman–Crippen MR) is 152 cm³/mol. The van der Waals surface area contributed by atoms with Crippen molar-refractivity contribution in [3.8, 4) is 16.3 Å². The lowest BCUT2D eigenvalue weighted by molar-refractivity contribution is -0.655. The Kier molecular flexibility index (Phi) is 14.7. The van der Waals surface area contributed by atoms with Gasteiger partial charge in [-0.05, 0) is 30.7 Å². The van der Waals surface area contributed by atoms with E-state index in [-0.39, 0.29) is 24.7 Å². The molecule has 1 heterocycles. The van der Waals surface area contributed by atoms with Gasteiger partial charge in [0.25, 0.3) is 5.01 Å². The molecule has 0 saturated carbocycles.